The third kappa shape index (κ3) is 5.15. The molecule has 0 fully saturated rings. The molecule has 0 heterocycles. The van der Waals surface area contributed by atoms with Crippen LogP contribution >= 0.6 is 0 Å². The number of hydrogen-bond donors (Lipinski definition) is 0. The molecule has 0 aromatic rings. The molecule has 0 amide bonds. The van der Waals surface area contributed by atoms with Gasteiger partial charge in [0.25, 0.3) is 0 Å². The van der Waals surface area contributed by atoms with Crippen molar-refractivity contribution >= 4 is 0 Å². The Labute approximate surface area is 76.2 Å². The highest BCUT2D eigenvalue weighted by Crippen LogP contribution is 2.13. The van der Waals surface area contributed by atoms with Crippen LogP contribution in [0.25, 0.3) is 0 Å². The molecular formula is C10H20N2. The zero-order valence-electron chi connectivity index (χ0n) is 8.67. The Hall–Kier alpha value is -0.550. The van der Waals surface area contributed by atoms with Crippen molar-refractivity contribution in [3.05, 3.63) is 0 Å². The molecule has 0 aliphatic rings. The lowest BCUT2D eigenvalue weighted by Crippen LogP contribution is -2.29. The summed E-state index contributed by atoms with van der Waals surface area (Å²) in [6.45, 7) is 4.45. The molecule has 0 bridgehead atoms. The Kier molecular flexibility index (Phi) is 5.74. The van der Waals surface area contributed by atoms with Crippen LogP contribution in [0.2, 0.25) is 0 Å². The first kappa shape index (κ1) is 11.4. The standard InChI is InChI=1S/C10H20N2/c1-9(2)8-10(12(3)4)6-5-7-11/h9-10H,5-6,8H2,1-4H3. The molecule has 0 radical (unpaired) electrons. The molecule has 0 N–H and O–H groups in total. The topological polar surface area (TPSA) is 27.0 Å². The fraction of sp³-hybridized carbons (Fsp3) is 0.900. The van der Waals surface area contributed by atoms with E-state index >= 15 is 0 Å². The second kappa shape index (κ2) is 6.02. The summed E-state index contributed by atoms with van der Waals surface area (Å²) in [7, 11) is 4.18. The first-order valence-corrected chi connectivity index (χ1v) is 4.61. The van der Waals surface area contributed by atoms with Crippen molar-refractivity contribution in [1.29, 1.82) is 5.26 Å². The lowest BCUT2D eigenvalue weighted by Gasteiger charge is -2.24. The smallest absolute Gasteiger partial charge is 0.0622 e. The third-order valence-electron chi connectivity index (χ3n) is 2.06. The lowest BCUT2D eigenvalue weighted by atomic mass is 9.99. The molecule has 1 unspecified atom stereocenters. The maximum atomic E-state index is 8.46. The lowest BCUT2D eigenvalue weighted by molar-refractivity contribution is 0.243. The van der Waals surface area contributed by atoms with Crippen molar-refractivity contribution in [2.75, 3.05) is 14.1 Å². The summed E-state index contributed by atoms with van der Waals surface area (Å²) < 4.78 is 0. The summed E-state index contributed by atoms with van der Waals surface area (Å²) in [6.07, 6.45) is 2.87. The molecule has 0 saturated carbocycles. The maximum Gasteiger partial charge on any atom is 0.0622 e. The third-order valence-corrected chi connectivity index (χ3v) is 2.06. The van der Waals surface area contributed by atoms with E-state index in [1.54, 1.807) is 0 Å². The van der Waals surface area contributed by atoms with Crippen LogP contribution in [0.15, 0.2) is 0 Å². The maximum absolute atomic E-state index is 8.46. The summed E-state index contributed by atoms with van der Waals surface area (Å²) in [5.74, 6) is 0.719. The Balaban J connectivity index is 3.80. The number of hydrogen-bond acceptors (Lipinski definition) is 2. The van der Waals surface area contributed by atoms with Gasteiger partial charge in [-0.05, 0) is 32.9 Å². The predicted molar refractivity (Wildman–Crippen MR) is 51.8 cm³/mol. The van der Waals surface area contributed by atoms with Crippen LogP contribution in [0, 0.1) is 17.2 Å². The Bertz CT molecular complexity index is 144. The van der Waals surface area contributed by atoms with Crippen LogP contribution in [-0.4, -0.2) is 25.0 Å². The molecule has 0 saturated heterocycles. The number of nitrogens with zero attached hydrogens (tertiary/aromatic N) is 2. The predicted octanol–water partition coefficient (Wildman–Crippen LogP) is 2.27. The van der Waals surface area contributed by atoms with E-state index < -0.39 is 0 Å². The van der Waals surface area contributed by atoms with Crippen LogP contribution in [0.4, 0.5) is 0 Å². The van der Waals surface area contributed by atoms with Gasteiger partial charge in [0.15, 0.2) is 0 Å². The van der Waals surface area contributed by atoms with Crippen LogP contribution in [-0.2, 0) is 0 Å². The minimum absolute atomic E-state index is 0.574. The zero-order chi connectivity index (χ0) is 9.56. The highest BCUT2D eigenvalue weighted by Gasteiger charge is 2.12. The van der Waals surface area contributed by atoms with Crippen molar-refractivity contribution in [2.45, 2.75) is 39.2 Å². The van der Waals surface area contributed by atoms with Crippen LogP contribution in [0.3, 0.4) is 0 Å². The van der Waals surface area contributed by atoms with E-state index in [1.807, 2.05) is 0 Å². The molecule has 70 valence electrons. The van der Waals surface area contributed by atoms with Gasteiger partial charge in [-0.25, -0.2) is 0 Å². The number of rotatable bonds is 5. The van der Waals surface area contributed by atoms with Crippen molar-refractivity contribution in [1.82, 2.24) is 4.90 Å². The fourth-order valence-electron chi connectivity index (χ4n) is 1.36. The molecule has 1 atom stereocenters. The molecule has 0 aliphatic heterocycles. The number of nitriles is 1. The summed E-state index contributed by atoms with van der Waals surface area (Å²) in [5, 5.41) is 8.46. The highest BCUT2D eigenvalue weighted by atomic mass is 15.1. The zero-order valence-corrected chi connectivity index (χ0v) is 8.67. The van der Waals surface area contributed by atoms with Gasteiger partial charge in [0.05, 0.1) is 6.07 Å². The Morgan fingerprint density at radius 1 is 1.33 bits per heavy atom. The second-order valence-electron chi connectivity index (χ2n) is 3.94. The van der Waals surface area contributed by atoms with Crippen LogP contribution in [0.5, 0.6) is 0 Å². The van der Waals surface area contributed by atoms with Gasteiger partial charge in [-0.2, -0.15) is 5.26 Å². The van der Waals surface area contributed by atoms with E-state index in [1.165, 1.54) is 6.42 Å². The van der Waals surface area contributed by atoms with Gasteiger partial charge in [0, 0.05) is 12.5 Å². The first-order chi connectivity index (χ1) is 5.57. The van der Waals surface area contributed by atoms with E-state index in [-0.39, 0.29) is 0 Å². The van der Waals surface area contributed by atoms with Gasteiger partial charge >= 0.3 is 0 Å². The van der Waals surface area contributed by atoms with Gasteiger partial charge in [0.2, 0.25) is 0 Å². The molecule has 2 nitrogen and oxygen atoms in total. The van der Waals surface area contributed by atoms with E-state index in [0.29, 0.717) is 12.5 Å². The average Bonchev–Trinajstić information content (AvgIpc) is 1.96. The summed E-state index contributed by atoms with van der Waals surface area (Å²) in [5.41, 5.74) is 0. The molecule has 0 aromatic carbocycles. The largest absolute Gasteiger partial charge is 0.306 e. The van der Waals surface area contributed by atoms with Crippen molar-refractivity contribution in [2.24, 2.45) is 5.92 Å². The highest BCUT2D eigenvalue weighted by molar-refractivity contribution is 4.76. The Morgan fingerprint density at radius 2 is 1.92 bits per heavy atom. The van der Waals surface area contributed by atoms with Crippen molar-refractivity contribution < 1.29 is 0 Å². The molecule has 12 heavy (non-hydrogen) atoms. The molecular weight excluding hydrogens is 148 g/mol. The van der Waals surface area contributed by atoms with Gasteiger partial charge < -0.3 is 4.90 Å². The fourth-order valence-corrected chi connectivity index (χ4v) is 1.36. The van der Waals surface area contributed by atoms with Gasteiger partial charge in [-0.3, -0.25) is 0 Å². The summed E-state index contributed by atoms with van der Waals surface area (Å²) in [6, 6.07) is 2.77. The molecule has 0 rings (SSSR count). The summed E-state index contributed by atoms with van der Waals surface area (Å²) in [4.78, 5) is 2.22. The van der Waals surface area contributed by atoms with Gasteiger partial charge in [-0.1, -0.05) is 13.8 Å². The minimum atomic E-state index is 0.574. The van der Waals surface area contributed by atoms with Crippen LogP contribution in [0.1, 0.15) is 33.1 Å². The normalized spacial score (nSPS) is 13.4. The minimum Gasteiger partial charge on any atom is -0.306 e. The monoisotopic (exact) mass is 168 g/mol. The quantitative estimate of drug-likeness (QED) is 0.629. The van der Waals surface area contributed by atoms with Crippen molar-refractivity contribution in [3.63, 3.8) is 0 Å². The van der Waals surface area contributed by atoms with E-state index in [4.69, 9.17) is 5.26 Å². The van der Waals surface area contributed by atoms with E-state index in [9.17, 15) is 0 Å². The molecule has 0 aliphatic carbocycles. The van der Waals surface area contributed by atoms with Gasteiger partial charge in [0.1, 0.15) is 0 Å². The molecule has 2 heteroatoms. The van der Waals surface area contributed by atoms with Crippen molar-refractivity contribution in [3.8, 4) is 6.07 Å². The second-order valence-corrected chi connectivity index (χ2v) is 3.94. The molecule has 0 spiro atoms. The van der Waals surface area contributed by atoms with Crippen LogP contribution < -0.4 is 0 Å². The molecule has 0 aromatic heterocycles. The van der Waals surface area contributed by atoms with E-state index in [0.717, 1.165) is 12.3 Å². The first-order valence-electron chi connectivity index (χ1n) is 4.61. The SMILES string of the molecule is CC(C)CC(CCC#N)N(C)C. The average molecular weight is 168 g/mol. The Morgan fingerprint density at radius 3 is 2.25 bits per heavy atom. The van der Waals surface area contributed by atoms with Gasteiger partial charge in [-0.15, -0.1) is 0 Å². The van der Waals surface area contributed by atoms with E-state index in [2.05, 4.69) is 38.9 Å². The summed E-state index contributed by atoms with van der Waals surface area (Å²) >= 11 is 0.